The summed E-state index contributed by atoms with van der Waals surface area (Å²) in [5, 5.41) is 29.7. The highest BCUT2D eigenvalue weighted by molar-refractivity contribution is 5.67. The van der Waals surface area contributed by atoms with Crippen molar-refractivity contribution >= 4 is 5.97 Å². The van der Waals surface area contributed by atoms with Crippen LogP contribution in [0, 0.1) is 0 Å². The number of rotatable bonds is 7. The van der Waals surface area contributed by atoms with Crippen LogP contribution in [-0.2, 0) is 17.9 Å². The number of hydrogen-bond acceptors (Lipinski definition) is 4. The van der Waals surface area contributed by atoms with E-state index in [1.165, 1.54) is 0 Å². The fraction of sp³-hybridized carbons (Fsp3) is 0.417. The van der Waals surface area contributed by atoms with Gasteiger partial charge >= 0.3 is 5.97 Å². The number of carboxylic acid groups (broad SMARTS) is 1. The van der Waals surface area contributed by atoms with Crippen LogP contribution >= 0.6 is 0 Å². The Kier molecular flexibility index (Phi) is 5.62. The number of aliphatic carboxylic acids is 1. The van der Waals surface area contributed by atoms with E-state index in [1.54, 1.807) is 0 Å². The van der Waals surface area contributed by atoms with Crippen LogP contribution in [0.15, 0.2) is 24.3 Å². The normalized spacial score (nSPS) is 12.4. The van der Waals surface area contributed by atoms with E-state index in [4.69, 9.17) is 10.2 Å². The van der Waals surface area contributed by atoms with Gasteiger partial charge in [-0.2, -0.15) is 0 Å². The number of hydrogen-bond donors (Lipinski definition) is 4. The minimum atomic E-state index is -1.01. The Morgan fingerprint density at radius 2 is 2.06 bits per heavy atom. The third kappa shape index (κ3) is 5.44. The number of carbonyl (C=O) groups is 1. The third-order valence-corrected chi connectivity index (χ3v) is 2.29. The van der Waals surface area contributed by atoms with Gasteiger partial charge in [0.2, 0.25) is 0 Å². The maximum absolute atomic E-state index is 10.3. The predicted octanol–water partition coefficient (Wildman–Crippen LogP) is 0.104. The van der Waals surface area contributed by atoms with Crippen LogP contribution in [0.25, 0.3) is 0 Å². The van der Waals surface area contributed by atoms with Crippen molar-refractivity contribution in [1.82, 2.24) is 5.32 Å². The van der Waals surface area contributed by atoms with Crippen LogP contribution in [0.4, 0.5) is 0 Å². The number of aliphatic hydroxyl groups excluding tert-OH is 2. The molecular formula is C12H17NO4. The molecule has 0 radical (unpaired) electrons. The van der Waals surface area contributed by atoms with Crippen LogP contribution in [0.5, 0.6) is 0 Å². The first-order chi connectivity index (χ1) is 8.11. The lowest BCUT2D eigenvalue weighted by atomic mass is 10.1. The van der Waals surface area contributed by atoms with Gasteiger partial charge in [-0.25, -0.2) is 0 Å². The molecule has 0 fully saturated rings. The molecule has 0 heterocycles. The molecule has 1 aromatic rings. The van der Waals surface area contributed by atoms with Gasteiger partial charge in [-0.15, -0.1) is 0 Å². The monoisotopic (exact) mass is 239 g/mol. The molecule has 0 bridgehead atoms. The van der Waals surface area contributed by atoms with E-state index in [2.05, 4.69) is 5.32 Å². The van der Waals surface area contributed by atoms with Crippen molar-refractivity contribution in [3.05, 3.63) is 35.4 Å². The van der Waals surface area contributed by atoms with Crippen molar-refractivity contribution in [2.24, 2.45) is 0 Å². The van der Waals surface area contributed by atoms with E-state index in [1.807, 2.05) is 24.3 Å². The molecule has 0 spiro atoms. The van der Waals surface area contributed by atoms with Crippen molar-refractivity contribution in [3.63, 3.8) is 0 Å². The minimum Gasteiger partial charge on any atom is -0.481 e. The molecule has 4 N–H and O–H groups in total. The SMILES string of the molecule is O=C(O)CC(O)CNCc1cccc(CO)c1. The summed E-state index contributed by atoms with van der Waals surface area (Å²) in [5.41, 5.74) is 1.81. The van der Waals surface area contributed by atoms with E-state index in [0.29, 0.717) is 6.54 Å². The van der Waals surface area contributed by atoms with Gasteiger partial charge in [-0.05, 0) is 11.1 Å². The van der Waals surface area contributed by atoms with Gasteiger partial charge in [0.25, 0.3) is 0 Å². The zero-order valence-corrected chi connectivity index (χ0v) is 9.47. The van der Waals surface area contributed by atoms with E-state index < -0.39 is 12.1 Å². The molecular weight excluding hydrogens is 222 g/mol. The van der Waals surface area contributed by atoms with E-state index >= 15 is 0 Å². The number of carboxylic acids is 1. The maximum atomic E-state index is 10.3. The van der Waals surface area contributed by atoms with E-state index in [0.717, 1.165) is 11.1 Å². The van der Waals surface area contributed by atoms with Crippen LogP contribution < -0.4 is 5.32 Å². The molecule has 1 aromatic carbocycles. The summed E-state index contributed by atoms with van der Waals surface area (Å²) in [6.07, 6.45) is -1.14. The molecule has 0 aliphatic heterocycles. The second kappa shape index (κ2) is 7.01. The minimum absolute atomic E-state index is 0.00448. The largest absolute Gasteiger partial charge is 0.481 e. The highest BCUT2D eigenvalue weighted by atomic mass is 16.4. The lowest BCUT2D eigenvalue weighted by molar-refractivity contribution is -0.139. The van der Waals surface area contributed by atoms with Crippen molar-refractivity contribution in [2.45, 2.75) is 25.7 Å². The number of aliphatic hydroxyl groups is 2. The first-order valence-electron chi connectivity index (χ1n) is 5.41. The first-order valence-corrected chi connectivity index (χ1v) is 5.41. The van der Waals surface area contributed by atoms with Gasteiger partial charge < -0.3 is 20.6 Å². The molecule has 0 saturated carbocycles. The van der Waals surface area contributed by atoms with Gasteiger partial charge in [0.15, 0.2) is 0 Å². The Bertz CT molecular complexity index is 367. The summed E-state index contributed by atoms with van der Waals surface area (Å²) in [6, 6.07) is 7.42. The molecule has 0 aliphatic rings. The van der Waals surface area contributed by atoms with Crippen molar-refractivity contribution in [1.29, 1.82) is 0 Å². The van der Waals surface area contributed by atoms with E-state index in [9.17, 15) is 9.90 Å². The second-order valence-corrected chi connectivity index (χ2v) is 3.86. The molecule has 94 valence electrons. The molecule has 1 atom stereocenters. The van der Waals surface area contributed by atoms with Gasteiger partial charge in [-0.3, -0.25) is 4.79 Å². The van der Waals surface area contributed by atoms with Crippen molar-refractivity contribution < 1.29 is 20.1 Å². The zero-order chi connectivity index (χ0) is 12.7. The fourth-order valence-electron chi connectivity index (χ4n) is 1.49. The third-order valence-electron chi connectivity index (χ3n) is 2.29. The Morgan fingerprint density at radius 1 is 1.35 bits per heavy atom. The first kappa shape index (κ1) is 13.6. The Morgan fingerprint density at radius 3 is 2.71 bits per heavy atom. The van der Waals surface area contributed by atoms with Crippen LogP contribution in [0.2, 0.25) is 0 Å². The Labute approximate surface area is 99.7 Å². The molecule has 5 nitrogen and oxygen atoms in total. The van der Waals surface area contributed by atoms with Gasteiger partial charge in [0, 0.05) is 13.1 Å². The standard InChI is InChI=1S/C12H17NO4/c14-8-10-3-1-2-9(4-10)6-13-7-11(15)5-12(16)17/h1-4,11,13-15H,5-8H2,(H,16,17). The van der Waals surface area contributed by atoms with Crippen molar-refractivity contribution in [3.8, 4) is 0 Å². The van der Waals surface area contributed by atoms with Crippen LogP contribution in [0.1, 0.15) is 17.5 Å². The van der Waals surface area contributed by atoms with Gasteiger partial charge in [0.1, 0.15) is 0 Å². The molecule has 5 heteroatoms. The summed E-state index contributed by atoms with van der Waals surface area (Å²) in [6.45, 7) is 0.760. The van der Waals surface area contributed by atoms with Gasteiger partial charge in [0.05, 0.1) is 19.1 Å². The average molecular weight is 239 g/mol. The molecule has 0 aliphatic carbocycles. The molecule has 1 rings (SSSR count). The number of nitrogens with one attached hydrogen (secondary N) is 1. The second-order valence-electron chi connectivity index (χ2n) is 3.86. The Hall–Kier alpha value is -1.43. The lowest BCUT2D eigenvalue weighted by Crippen LogP contribution is -2.28. The molecule has 0 amide bonds. The zero-order valence-electron chi connectivity index (χ0n) is 9.47. The summed E-state index contributed by atoms with van der Waals surface area (Å²) in [7, 11) is 0. The molecule has 0 aromatic heterocycles. The smallest absolute Gasteiger partial charge is 0.306 e. The summed E-state index contributed by atoms with van der Waals surface area (Å²) >= 11 is 0. The Balaban J connectivity index is 2.32. The maximum Gasteiger partial charge on any atom is 0.306 e. The summed E-state index contributed by atoms with van der Waals surface area (Å²) < 4.78 is 0. The molecule has 0 saturated heterocycles. The van der Waals surface area contributed by atoms with Crippen molar-refractivity contribution in [2.75, 3.05) is 6.54 Å². The lowest BCUT2D eigenvalue weighted by Gasteiger charge is -2.10. The highest BCUT2D eigenvalue weighted by Crippen LogP contribution is 2.04. The van der Waals surface area contributed by atoms with Crippen LogP contribution in [-0.4, -0.2) is 33.9 Å². The summed E-state index contributed by atoms with van der Waals surface area (Å²) in [4.78, 5) is 10.3. The van der Waals surface area contributed by atoms with Gasteiger partial charge in [-0.1, -0.05) is 24.3 Å². The fourth-order valence-corrected chi connectivity index (χ4v) is 1.49. The topological polar surface area (TPSA) is 89.8 Å². The number of benzene rings is 1. The predicted molar refractivity (Wildman–Crippen MR) is 62.3 cm³/mol. The van der Waals surface area contributed by atoms with E-state index in [-0.39, 0.29) is 19.6 Å². The molecule has 17 heavy (non-hydrogen) atoms. The highest BCUT2D eigenvalue weighted by Gasteiger charge is 2.08. The van der Waals surface area contributed by atoms with Crippen LogP contribution in [0.3, 0.4) is 0 Å². The summed E-state index contributed by atoms with van der Waals surface area (Å²) in [5.74, 6) is -1.01. The average Bonchev–Trinajstić information content (AvgIpc) is 2.28. The quantitative estimate of drug-likeness (QED) is 0.542. The molecule has 1 unspecified atom stereocenters.